The fraction of sp³-hybridized carbons (Fsp3) is 0.231. The number of amides is 2. The van der Waals surface area contributed by atoms with E-state index in [9.17, 15) is 9.18 Å². The van der Waals surface area contributed by atoms with Gasteiger partial charge in [-0.1, -0.05) is 5.16 Å². The second-order valence-corrected chi connectivity index (χ2v) is 4.12. The van der Waals surface area contributed by atoms with Crippen molar-refractivity contribution in [3.63, 3.8) is 0 Å². The summed E-state index contributed by atoms with van der Waals surface area (Å²) in [4.78, 5) is 11.6. The molecule has 2 amide bonds. The number of carbonyl (C=O) groups excluding carboxylic acids is 1. The van der Waals surface area contributed by atoms with Crippen LogP contribution in [0.25, 0.3) is 0 Å². The van der Waals surface area contributed by atoms with Crippen LogP contribution in [0.4, 0.5) is 14.9 Å². The minimum atomic E-state index is -0.369. The van der Waals surface area contributed by atoms with Crippen molar-refractivity contribution in [2.24, 2.45) is 0 Å². The molecule has 0 spiro atoms. The number of urea groups is 1. The third kappa shape index (κ3) is 3.31. The Bertz CT molecular complexity index is 559. The highest BCUT2D eigenvalue weighted by Crippen LogP contribution is 2.12. The molecule has 0 radical (unpaired) electrons. The number of halogens is 1. The average Bonchev–Trinajstić information content (AvgIpc) is 2.70. The molecule has 2 aromatic rings. The van der Waals surface area contributed by atoms with Crippen molar-refractivity contribution in [2.75, 3.05) is 5.32 Å². The number of aryl methyl sites for hydroxylation is 2. The van der Waals surface area contributed by atoms with Gasteiger partial charge in [-0.15, -0.1) is 0 Å². The van der Waals surface area contributed by atoms with E-state index in [1.807, 2.05) is 6.92 Å². The predicted molar refractivity (Wildman–Crippen MR) is 68.2 cm³/mol. The maximum atomic E-state index is 12.7. The molecule has 0 saturated heterocycles. The van der Waals surface area contributed by atoms with Crippen molar-refractivity contribution < 1.29 is 13.7 Å². The van der Waals surface area contributed by atoms with E-state index in [-0.39, 0.29) is 11.8 Å². The number of benzene rings is 1. The zero-order valence-corrected chi connectivity index (χ0v) is 10.7. The molecule has 1 heterocycles. The van der Waals surface area contributed by atoms with E-state index in [0.717, 1.165) is 11.3 Å². The first-order valence-corrected chi connectivity index (χ1v) is 5.78. The highest BCUT2D eigenvalue weighted by Gasteiger charge is 2.10. The minimum Gasteiger partial charge on any atom is -0.361 e. The van der Waals surface area contributed by atoms with Gasteiger partial charge in [0.1, 0.15) is 11.6 Å². The summed E-state index contributed by atoms with van der Waals surface area (Å²) in [5.74, 6) is 0.335. The fourth-order valence-corrected chi connectivity index (χ4v) is 1.63. The second-order valence-electron chi connectivity index (χ2n) is 4.12. The largest absolute Gasteiger partial charge is 0.361 e. The summed E-state index contributed by atoms with van der Waals surface area (Å²) in [5, 5.41) is 9.09. The second kappa shape index (κ2) is 5.51. The Morgan fingerprint density at radius 3 is 2.58 bits per heavy atom. The SMILES string of the molecule is Cc1noc(C)c1CNC(=O)Nc1ccc(F)cc1. The van der Waals surface area contributed by atoms with Crippen LogP contribution in [-0.2, 0) is 6.54 Å². The molecule has 1 aromatic carbocycles. The Morgan fingerprint density at radius 2 is 2.00 bits per heavy atom. The smallest absolute Gasteiger partial charge is 0.319 e. The molecule has 0 aliphatic rings. The Hall–Kier alpha value is -2.37. The molecule has 100 valence electrons. The highest BCUT2D eigenvalue weighted by atomic mass is 19.1. The first-order valence-electron chi connectivity index (χ1n) is 5.78. The zero-order chi connectivity index (χ0) is 13.8. The monoisotopic (exact) mass is 263 g/mol. The number of nitrogens with zero attached hydrogens (tertiary/aromatic N) is 1. The van der Waals surface area contributed by atoms with Crippen molar-refractivity contribution in [3.05, 3.63) is 47.1 Å². The van der Waals surface area contributed by atoms with Crippen LogP contribution in [0.3, 0.4) is 0 Å². The molecule has 0 saturated carbocycles. The van der Waals surface area contributed by atoms with Gasteiger partial charge in [-0.3, -0.25) is 0 Å². The van der Waals surface area contributed by atoms with Gasteiger partial charge in [-0.05, 0) is 38.1 Å². The average molecular weight is 263 g/mol. The van der Waals surface area contributed by atoms with Crippen LogP contribution in [0.1, 0.15) is 17.0 Å². The van der Waals surface area contributed by atoms with Crippen LogP contribution >= 0.6 is 0 Å². The van der Waals surface area contributed by atoms with Gasteiger partial charge >= 0.3 is 6.03 Å². The van der Waals surface area contributed by atoms with E-state index >= 15 is 0 Å². The quantitative estimate of drug-likeness (QED) is 0.894. The van der Waals surface area contributed by atoms with Gasteiger partial charge in [0.2, 0.25) is 0 Å². The topological polar surface area (TPSA) is 67.2 Å². The number of carbonyl (C=O) groups is 1. The van der Waals surface area contributed by atoms with E-state index in [2.05, 4.69) is 15.8 Å². The van der Waals surface area contributed by atoms with Crippen molar-refractivity contribution in [1.82, 2.24) is 10.5 Å². The molecule has 0 aliphatic carbocycles. The normalized spacial score (nSPS) is 10.3. The van der Waals surface area contributed by atoms with Crippen LogP contribution in [-0.4, -0.2) is 11.2 Å². The van der Waals surface area contributed by atoms with Gasteiger partial charge in [0, 0.05) is 17.8 Å². The van der Waals surface area contributed by atoms with Gasteiger partial charge in [-0.25, -0.2) is 9.18 Å². The maximum Gasteiger partial charge on any atom is 0.319 e. The molecule has 0 aliphatic heterocycles. The zero-order valence-electron chi connectivity index (χ0n) is 10.7. The van der Waals surface area contributed by atoms with Gasteiger partial charge in [-0.2, -0.15) is 0 Å². The van der Waals surface area contributed by atoms with Crippen molar-refractivity contribution in [1.29, 1.82) is 0 Å². The summed E-state index contributed by atoms with van der Waals surface area (Å²) in [5.41, 5.74) is 2.13. The summed E-state index contributed by atoms with van der Waals surface area (Å²) in [6.07, 6.45) is 0. The molecule has 1 aromatic heterocycles. The van der Waals surface area contributed by atoms with E-state index in [0.29, 0.717) is 18.0 Å². The number of rotatable bonds is 3. The maximum absolute atomic E-state index is 12.7. The third-order valence-corrected chi connectivity index (χ3v) is 2.71. The van der Waals surface area contributed by atoms with Crippen LogP contribution in [0.15, 0.2) is 28.8 Å². The van der Waals surface area contributed by atoms with Crippen molar-refractivity contribution >= 4 is 11.7 Å². The molecule has 0 bridgehead atoms. The molecule has 0 unspecified atom stereocenters. The van der Waals surface area contributed by atoms with Crippen LogP contribution in [0.5, 0.6) is 0 Å². The first kappa shape index (κ1) is 13.1. The molecule has 2 N–H and O–H groups in total. The molecule has 0 fully saturated rings. The van der Waals surface area contributed by atoms with E-state index in [4.69, 9.17) is 4.52 Å². The van der Waals surface area contributed by atoms with Crippen molar-refractivity contribution in [2.45, 2.75) is 20.4 Å². The Morgan fingerprint density at radius 1 is 1.32 bits per heavy atom. The minimum absolute atomic E-state index is 0.328. The predicted octanol–water partition coefficient (Wildman–Crippen LogP) is 2.75. The van der Waals surface area contributed by atoms with Crippen LogP contribution in [0.2, 0.25) is 0 Å². The van der Waals surface area contributed by atoms with E-state index < -0.39 is 0 Å². The highest BCUT2D eigenvalue weighted by molar-refractivity contribution is 5.89. The summed E-state index contributed by atoms with van der Waals surface area (Å²) in [6, 6.07) is 5.18. The molecular weight excluding hydrogens is 249 g/mol. The van der Waals surface area contributed by atoms with Crippen LogP contribution in [0, 0.1) is 19.7 Å². The summed E-state index contributed by atoms with van der Waals surface area (Å²) in [7, 11) is 0. The Kier molecular flexibility index (Phi) is 3.79. The summed E-state index contributed by atoms with van der Waals surface area (Å²) < 4.78 is 17.7. The standard InChI is InChI=1S/C13H14FN3O2/c1-8-12(9(2)19-17-8)7-15-13(18)16-11-5-3-10(14)4-6-11/h3-6H,7H2,1-2H3,(H2,15,16,18). The van der Waals surface area contributed by atoms with Gasteiger partial charge in [0.25, 0.3) is 0 Å². The number of aromatic nitrogens is 1. The van der Waals surface area contributed by atoms with Crippen molar-refractivity contribution in [3.8, 4) is 0 Å². The first-order chi connectivity index (χ1) is 9.06. The molecule has 6 heteroatoms. The molecular formula is C13H14FN3O2. The Labute approximate surface area is 109 Å². The van der Waals surface area contributed by atoms with Gasteiger partial charge in [0.15, 0.2) is 0 Å². The van der Waals surface area contributed by atoms with Gasteiger partial charge < -0.3 is 15.2 Å². The van der Waals surface area contributed by atoms with Gasteiger partial charge in [0.05, 0.1) is 5.69 Å². The molecule has 0 atom stereocenters. The Balaban J connectivity index is 1.90. The lowest BCUT2D eigenvalue weighted by atomic mass is 10.2. The number of hydrogen-bond acceptors (Lipinski definition) is 3. The summed E-state index contributed by atoms with van der Waals surface area (Å²) in [6.45, 7) is 3.93. The van der Waals surface area contributed by atoms with E-state index in [1.54, 1.807) is 6.92 Å². The third-order valence-electron chi connectivity index (χ3n) is 2.71. The lowest BCUT2D eigenvalue weighted by Gasteiger charge is -2.07. The number of nitrogens with one attached hydrogen (secondary N) is 2. The van der Waals surface area contributed by atoms with Crippen LogP contribution < -0.4 is 10.6 Å². The molecule has 2 rings (SSSR count). The lowest BCUT2D eigenvalue weighted by molar-refractivity contribution is 0.251. The fourth-order valence-electron chi connectivity index (χ4n) is 1.63. The molecule has 19 heavy (non-hydrogen) atoms. The molecule has 5 nitrogen and oxygen atoms in total. The lowest BCUT2D eigenvalue weighted by Crippen LogP contribution is -2.28. The summed E-state index contributed by atoms with van der Waals surface area (Å²) >= 11 is 0. The number of hydrogen-bond donors (Lipinski definition) is 2. The number of anilines is 1. The van der Waals surface area contributed by atoms with E-state index in [1.165, 1.54) is 24.3 Å².